The van der Waals surface area contributed by atoms with Gasteiger partial charge in [0.25, 0.3) is 0 Å². The maximum atomic E-state index is 12.8. The van der Waals surface area contributed by atoms with E-state index in [1.165, 1.54) is 17.7 Å². The smallest absolute Gasteiger partial charge is 0.416 e. The molecule has 1 unspecified atom stereocenters. The number of rotatable bonds is 11. The molecule has 0 heterocycles. The highest BCUT2D eigenvalue weighted by Crippen LogP contribution is 2.36. The van der Waals surface area contributed by atoms with Gasteiger partial charge in [0.15, 0.2) is 0 Å². The molecule has 2 N–H and O–H groups in total. The van der Waals surface area contributed by atoms with Crippen molar-refractivity contribution in [3.05, 3.63) is 66.3 Å². The van der Waals surface area contributed by atoms with E-state index in [0.29, 0.717) is 5.92 Å². The Hall–Kier alpha value is -2.05. The first kappa shape index (κ1) is 33.0. The number of ether oxygens (including phenoxy) is 1. The molecule has 1 aliphatic rings. The molecule has 0 saturated heterocycles. The van der Waals surface area contributed by atoms with Crippen LogP contribution in [-0.2, 0) is 6.18 Å². The first-order valence-electron chi connectivity index (χ1n) is 12.8. The molecule has 0 amide bonds. The predicted molar refractivity (Wildman–Crippen MR) is 139 cm³/mol. The molecule has 200 valence electrons. The van der Waals surface area contributed by atoms with E-state index in [-0.39, 0.29) is 18.3 Å². The van der Waals surface area contributed by atoms with E-state index in [0.717, 1.165) is 50.7 Å². The number of hydrogen-bond acceptors (Lipinski definition) is 3. The highest BCUT2D eigenvalue weighted by molar-refractivity contribution is 5.30. The minimum atomic E-state index is -4.44. The minimum Gasteiger partial charge on any atom is -0.491 e. The molecule has 0 bridgehead atoms. The van der Waals surface area contributed by atoms with Crippen molar-refractivity contribution in [2.45, 2.75) is 91.5 Å². The average Bonchev–Trinajstić information content (AvgIpc) is 3.19. The third-order valence-corrected chi connectivity index (χ3v) is 5.54. The first-order chi connectivity index (χ1) is 16.7. The van der Waals surface area contributed by atoms with Gasteiger partial charge >= 0.3 is 6.18 Å². The molecule has 6 heteroatoms. The number of unbranched alkanes of at least 4 members (excludes halogenated alkanes) is 1. The Kier molecular flexibility index (Phi) is 17.2. The molecule has 4 atom stereocenters. The number of hydrogen-bond donors (Lipinski definition) is 2. The number of aliphatic hydroxyl groups is 2. The van der Waals surface area contributed by atoms with Crippen LogP contribution in [0.1, 0.15) is 78.7 Å². The van der Waals surface area contributed by atoms with Gasteiger partial charge in [0.2, 0.25) is 0 Å². The van der Waals surface area contributed by atoms with E-state index in [1.807, 2.05) is 40.7 Å². The Labute approximate surface area is 210 Å². The van der Waals surface area contributed by atoms with Crippen LogP contribution in [0.3, 0.4) is 0 Å². The predicted octanol–water partition coefficient (Wildman–Crippen LogP) is 8.13. The summed E-state index contributed by atoms with van der Waals surface area (Å²) in [5, 5.41) is 20.4. The van der Waals surface area contributed by atoms with Crippen molar-refractivity contribution in [3.63, 3.8) is 0 Å². The Morgan fingerprint density at radius 3 is 2.49 bits per heavy atom. The second-order valence-corrected chi connectivity index (χ2v) is 8.33. The molecule has 1 saturated carbocycles. The van der Waals surface area contributed by atoms with Gasteiger partial charge in [-0.2, -0.15) is 13.2 Å². The lowest BCUT2D eigenvalue weighted by Crippen LogP contribution is -2.19. The highest BCUT2D eigenvalue weighted by atomic mass is 19.4. The molecule has 0 aliphatic heterocycles. The zero-order chi connectivity index (χ0) is 26.9. The van der Waals surface area contributed by atoms with Crippen molar-refractivity contribution >= 4 is 0 Å². The molecule has 1 fully saturated rings. The normalized spacial score (nSPS) is 20.7. The summed E-state index contributed by atoms with van der Waals surface area (Å²) in [6.45, 7) is 13.8. The van der Waals surface area contributed by atoms with Crippen LogP contribution in [0.5, 0.6) is 5.75 Å². The summed E-state index contributed by atoms with van der Waals surface area (Å²) < 4.78 is 43.6. The van der Waals surface area contributed by atoms with E-state index in [9.17, 15) is 23.4 Å². The standard InChI is InChI=1S/C25H33F3O3.2C2H6/c1-18(2)8-5-3-4-6-9-19-12-15-24(30)23(19)14-13-21(29)17-31-22-11-7-10-20(16-22)25(26,27)28;2*1-2/h4,6-7,10-11,13-14,16,19,21,23-24,29-30H,1,3,5,8-9,12,15,17H2,2H3;2*1-2H3/b6-4-,14-13+;;/t19-,21+,23?,24+;;/m0../s1. The van der Waals surface area contributed by atoms with Crippen molar-refractivity contribution < 1.29 is 28.1 Å². The number of allylic oxidation sites excluding steroid dienone is 3. The van der Waals surface area contributed by atoms with Crippen LogP contribution in [0.2, 0.25) is 0 Å². The van der Waals surface area contributed by atoms with E-state index < -0.39 is 23.9 Å². The molecule has 0 aromatic heterocycles. The van der Waals surface area contributed by atoms with Gasteiger partial charge in [0, 0.05) is 5.92 Å². The summed E-state index contributed by atoms with van der Waals surface area (Å²) in [5.41, 5.74) is 0.396. The lowest BCUT2D eigenvalue weighted by molar-refractivity contribution is -0.137. The molecule has 0 radical (unpaired) electrons. The fraction of sp³-hybridized carbons (Fsp3) is 0.586. The third kappa shape index (κ3) is 13.6. The monoisotopic (exact) mass is 498 g/mol. The lowest BCUT2D eigenvalue weighted by atomic mass is 9.91. The molecule has 1 aromatic rings. The molecule has 2 rings (SSSR count). The van der Waals surface area contributed by atoms with Gasteiger partial charge in [0.1, 0.15) is 18.5 Å². The molecular formula is C29H45F3O3. The van der Waals surface area contributed by atoms with Gasteiger partial charge in [-0.15, -0.1) is 6.58 Å². The summed E-state index contributed by atoms with van der Waals surface area (Å²) in [7, 11) is 0. The molecule has 35 heavy (non-hydrogen) atoms. The summed E-state index contributed by atoms with van der Waals surface area (Å²) >= 11 is 0. The van der Waals surface area contributed by atoms with Crippen molar-refractivity contribution in [1.29, 1.82) is 0 Å². The van der Waals surface area contributed by atoms with Crippen LogP contribution >= 0.6 is 0 Å². The van der Waals surface area contributed by atoms with Crippen molar-refractivity contribution in [2.75, 3.05) is 6.61 Å². The quantitative estimate of drug-likeness (QED) is 0.239. The Morgan fingerprint density at radius 1 is 1.17 bits per heavy atom. The van der Waals surface area contributed by atoms with Crippen LogP contribution in [0.25, 0.3) is 0 Å². The fourth-order valence-electron chi connectivity index (χ4n) is 3.81. The maximum absolute atomic E-state index is 12.8. The van der Waals surface area contributed by atoms with Crippen LogP contribution in [0.15, 0.2) is 60.7 Å². The summed E-state index contributed by atoms with van der Waals surface area (Å²) in [5.74, 6) is 0.307. The Morgan fingerprint density at radius 2 is 1.86 bits per heavy atom. The largest absolute Gasteiger partial charge is 0.491 e. The van der Waals surface area contributed by atoms with Crippen molar-refractivity contribution in [2.24, 2.45) is 11.8 Å². The van der Waals surface area contributed by atoms with Crippen LogP contribution in [0.4, 0.5) is 13.2 Å². The van der Waals surface area contributed by atoms with E-state index in [4.69, 9.17) is 4.74 Å². The average molecular weight is 499 g/mol. The van der Waals surface area contributed by atoms with Gasteiger partial charge in [0.05, 0.1) is 11.7 Å². The molecular weight excluding hydrogens is 453 g/mol. The maximum Gasteiger partial charge on any atom is 0.416 e. The van der Waals surface area contributed by atoms with Gasteiger partial charge in [-0.25, -0.2) is 0 Å². The zero-order valence-corrected chi connectivity index (χ0v) is 22.0. The third-order valence-electron chi connectivity index (χ3n) is 5.54. The SMILES string of the molecule is C=C(C)CCC/C=C\C[C@H]1CC[C@@H](O)C1/C=C/[C@@H](O)COc1cccc(C(F)(F)F)c1.CC.CC. The summed E-state index contributed by atoms with van der Waals surface area (Å²) in [6.07, 6.45) is 7.49. The summed E-state index contributed by atoms with van der Waals surface area (Å²) in [6, 6.07) is 4.58. The van der Waals surface area contributed by atoms with Crippen LogP contribution in [-0.4, -0.2) is 29.0 Å². The second-order valence-electron chi connectivity index (χ2n) is 8.33. The van der Waals surface area contributed by atoms with Gasteiger partial charge in [-0.3, -0.25) is 0 Å². The molecule has 3 nitrogen and oxygen atoms in total. The van der Waals surface area contributed by atoms with E-state index >= 15 is 0 Å². The number of alkyl halides is 3. The fourth-order valence-corrected chi connectivity index (χ4v) is 3.81. The number of benzene rings is 1. The molecule has 0 spiro atoms. The lowest BCUT2D eigenvalue weighted by Gasteiger charge is -2.18. The van der Waals surface area contributed by atoms with E-state index in [2.05, 4.69) is 18.7 Å². The van der Waals surface area contributed by atoms with Gasteiger partial charge in [-0.1, -0.05) is 63.6 Å². The zero-order valence-electron chi connectivity index (χ0n) is 22.0. The number of halogens is 3. The molecule has 1 aliphatic carbocycles. The van der Waals surface area contributed by atoms with E-state index in [1.54, 1.807) is 6.08 Å². The number of aliphatic hydroxyl groups excluding tert-OH is 2. The van der Waals surface area contributed by atoms with Gasteiger partial charge in [-0.05, 0) is 69.6 Å². The Bertz CT molecular complexity index is 756. The minimum absolute atomic E-state index is 0.0525. The summed E-state index contributed by atoms with van der Waals surface area (Å²) in [4.78, 5) is 0. The van der Waals surface area contributed by atoms with Crippen LogP contribution in [0, 0.1) is 11.8 Å². The van der Waals surface area contributed by atoms with Crippen LogP contribution < -0.4 is 4.74 Å². The Balaban J connectivity index is 0.00000274. The first-order valence-corrected chi connectivity index (χ1v) is 12.8. The van der Waals surface area contributed by atoms with Gasteiger partial charge < -0.3 is 14.9 Å². The molecule has 1 aromatic carbocycles. The van der Waals surface area contributed by atoms with Crippen molar-refractivity contribution in [3.8, 4) is 5.75 Å². The van der Waals surface area contributed by atoms with Crippen molar-refractivity contribution in [1.82, 2.24) is 0 Å². The highest BCUT2D eigenvalue weighted by Gasteiger charge is 2.32. The second kappa shape index (κ2) is 18.3. The topological polar surface area (TPSA) is 49.7 Å².